The van der Waals surface area contributed by atoms with Gasteiger partial charge in [0.05, 0.1) is 4.91 Å². The summed E-state index contributed by atoms with van der Waals surface area (Å²) in [6.45, 7) is 4.71. The van der Waals surface area contributed by atoms with Crippen LogP contribution in [0.1, 0.15) is 47.9 Å². The maximum absolute atomic E-state index is 13.4. The number of nitrogens with one attached hydrogen (secondary N) is 1. The van der Waals surface area contributed by atoms with Gasteiger partial charge in [-0.3, -0.25) is 9.59 Å². The molecule has 1 saturated heterocycles. The van der Waals surface area contributed by atoms with E-state index < -0.39 is 0 Å². The molecular formula is C26H30N2O2S. The molecule has 31 heavy (non-hydrogen) atoms. The van der Waals surface area contributed by atoms with Crippen molar-refractivity contribution in [1.82, 2.24) is 10.2 Å². The summed E-state index contributed by atoms with van der Waals surface area (Å²) in [5.41, 5.74) is 4.48. The number of nitrogens with zero attached hydrogens (tertiary/aromatic N) is 1. The Bertz CT molecular complexity index is 983. The average Bonchev–Trinajstić information content (AvgIpc) is 2.77. The Morgan fingerprint density at radius 3 is 2.61 bits per heavy atom. The minimum atomic E-state index is -0.0969. The molecule has 2 aromatic carbocycles. The predicted molar refractivity (Wildman–Crippen MR) is 128 cm³/mol. The molecule has 2 fully saturated rings. The fourth-order valence-corrected chi connectivity index (χ4v) is 5.83. The first-order valence-corrected chi connectivity index (χ1v) is 12.0. The number of thioether (sulfide) groups is 1. The van der Waals surface area contributed by atoms with E-state index in [0.717, 1.165) is 40.9 Å². The molecule has 1 aliphatic heterocycles. The number of amides is 2. The number of hydrogen-bond acceptors (Lipinski definition) is 3. The predicted octanol–water partition coefficient (Wildman–Crippen LogP) is 4.85. The zero-order valence-electron chi connectivity index (χ0n) is 18.3. The molecule has 2 unspecified atom stereocenters. The van der Waals surface area contributed by atoms with Crippen molar-refractivity contribution in [2.24, 2.45) is 0 Å². The molecule has 0 radical (unpaired) electrons. The molecule has 1 N–H and O–H groups in total. The molecule has 2 aromatic rings. The number of fused-ring (bicyclic) bond motifs is 1. The summed E-state index contributed by atoms with van der Waals surface area (Å²) >= 11 is 1.71. The van der Waals surface area contributed by atoms with Crippen LogP contribution < -0.4 is 5.32 Å². The molecule has 162 valence electrons. The molecule has 1 aliphatic carbocycles. The lowest BCUT2D eigenvalue weighted by Gasteiger charge is -2.43. The van der Waals surface area contributed by atoms with E-state index in [9.17, 15) is 9.59 Å². The van der Waals surface area contributed by atoms with Crippen LogP contribution in [0.25, 0.3) is 6.08 Å². The first-order chi connectivity index (χ1) is 15.0. The second-order valence-electron chi connectivity index (χ2n) is 8.57. The van der Waals surface area contributed by atoms with Crippen LogP contribution in [0.4, 0.5) is 0 Å². The Hall–Kier alpha value is -2.53. The van der Waals surface area contributed by atoms with Crippen molar-refractivity contribution in [1.29, 1.82) is 0 Å². The molecule has 0 spiro atoms. The maximum atomic E-state index is 13.4. The highest BCUT2D eigenvalue weighted by molar-refractivity contribution is 8.04. The van der Waals surface area contributed by atoms with Crippen molar-refractivity contribution in [3.8, 4) is 0 Å². The third-order valence-electron chi connectivity index (χ3n) is 6.22. The fourth-order valence-electron chi connectivity index (χ4n) is 4.37. The third-order valence-corrected chi connectivity index (χ3v) is 7.62. The molecule has 5 heteroatoms. The molecular weight excluding hydrogens is 404 g/mol. The standard InChI is InChI=1S/C26H30N2O2S/c1-18-11-13-20(14-12-18)16-27-25(29)17-28-22-9-5-6-10-23(22)31-24(26(28)30)15-21-8-4-3-7-19(21)2/h3-4,7-8,11-15,22-23H,5-6,9-10,16-17H2,1-2H3,(H,27,29)/b24-15-. The molecule has 2 amide bonds. The lowest BCUT2D eigenvalue weighted by molar-refractivity contribution is -0.135. The zero-order valence-corrected chi connectivity index (χ0v) is 19.1. The molecule has 4 nitrogen and oxygen atoms in total. The number of hydrogen-bond donors (Lipinski definition) is 1. The van der Waals surface area contributed by atoms with Gasteiger partial charge in [-0.25, -0.2) is 0 Å². The monoisotopic (exact) mass is 434 g/mol. The van der Waals surface area contributed by atoms with E-state index >= 15 is 0 Å². The number of benzene rings is 2. The lowest BCUT2D eigenvalue weighted by atomic mass is 9.93. The minimum absolute atomic E-state index is 0.0121. The van der Waals surface area contributed by atoms with E-state index in [1.165, 1.54) is 12.0 Å². The normalized spacial score (nSPS) is 22.3. The Morgan fingerprint density at radius 1 is 1.10 bits per heavy atom. The van der Waals surface area contributed by atoms with Gasteiger partial charge in [-0.05, 0) is 49.5 Å². The third kappa shape index (κ3) is 5.21. The number of carbonyl (C=O) groups is 2. The molecule has 2 aliphatic rings. The topological polar surface area (TPSA) is 49.4 Å². The molecule has 1 saturated carbocycles. The Morgan fingerprint density at radius 2 is 1.84 bits per heavy atom. The highest BCUT2D eigenvalue weighted by Gasteiger charge is 2.41. The number of aryl methyl sites for hydroxylation is 2. The van der Waals surface area contributed by atoms with Crippen LogP contribution in [0.5, 0.6) is 0 Å². The van der Waals surface area contributed by atoms with E-state index in [-0.39, 0.29) is 24.4 Å². The molecule has 1 heterocycles. The highest BCUT2D eigenvalue weighted by Crippen LogP contribution is 2.42. The summed E-state index contributed by atoms with van der Waals surface area (Å²) in [5.74, 6) is -0.109. The molecule has 0 bridgehead atoms. The van der Waals surface area contributed by atoms with Crippen LogP contribution in [0.15, 0.2) is 53.4 Å². The van der Waals surface area contributed by atoms with Crippen molar-refractivity contribution in [3.63, 3.8) is 0 Å². The zero-order chi connectivity index (χ0) is 21.8. The Kier molecular flexibility index (Phi) is 6.81. The molecule has 0 aromatic heterocycles. The van der Waals surface area contributed by atoms with Gasteiger partial charge in [0, 0.05) is 17.8 Å². The van der Waals surface area contributed by atoms with Gasteiger partial charge < -0.3 is 10.2 Å². The number of carbonyl (C=O) groups excluding carboxylic acids is 2. The molecule has 2 atom stereocenters. The molecule has 4 rings (SSSR count). The van der Waals surface area contributed by atoms with Crippen LogP contribution in [0.2, 0.25) is 0 Å². The van der Waals surface area contributed by atoms with E-state index in [1.54, 1.807) is 11.8 Å². The van der Waals surface area contributed by atoms with Crippen molar-refractivity contribution >= 4 is 29.7 Å². The van der Waals surface area contributed by atoms with E-state index in [0.29, 0.717) is 11.8 Å². The highest BCUT2D eigenvalue weighted by atomic mass is 32.2. The van der Waals surface area contributed by atoms with E-state index in [1.807, 2.05) is 60.4 Å². The van der Waals surface area contributed by atoms with Crippen LogP contribution in [0.3, 0.4) is 0 Å². The first-order valence-electron chi connectivity index (χ1n) is 11.1. The minimum Gasteiger partial charge on any atom is -0.350 e. The summed E-state index contributed by atoms with van der Waals surface area (Å²) in [7, 11) is 0. The van der Waals surface area contributed by atoms with Gasteiger partial charge in [0.1, 0.15) is 6.54 Å². The summed E-state index contributed by atoms with van der Waals surface area (Å²) < 4.78 is 0. The van der Waals surface area contributed by atoms with Gasteiger partial charge in [-0.2, -0.15) is 0 Å². The van der Waals surface area contributed by atoms with Crippen molar-refractivity contribution in [2.45, 2.75) is 57.4 Å². The van der Waals surface area contributed by atoms with Gasteiger partial charge in [0.25, 0.3) is 5.91 Å². The van der Waals surface area contributed by atoms with Crippen molar-refractivity contribution < 1.29 is 9.59 Å². The smallest absolute Gasteiger partial charge is 0.261 e. The largest absolute Gasteiger partial charge is 0.350 e. The van der Waals surface area contributed by atoms with Crippen molar-refractivity contribution in [2.75, 3.05) is 6.54 Å². The SMILES string of the molecule is Cc1ccc(CNC(=O)CN2C(=O)/C(=C/c3ccccc3C)SC3CCCCC32)cc1. The fraction of sp³-hybridized carbons (Fsp3) is 0.385. The summed E-state index contributed by atoms with van der Waals surface area (Å²) in [6.07, 6.45) is 6.38. The first kappa shape index (κ1) is 21.7. The maximum Gasteiger partial charge on any atom is 0.261 e. The summed E-state index contributed by atoms with van der Waals surface area (Å²) in [4.78, 5) is 28.7. The van der Waals surface area contributed by atoms with E-state index in [2.05, 4.69) is 18.3 Å². The summed E-state index contributed by atoms with van der Waals surface area (Å²) in [5, 5.41) is 3.36. The second-order valence-corrected chi connectivity index (χ2v) is 9.85. The van der Waals surface area contributed by atoms with Gasteiger partial charge in [-0.1, -0.05) is 66.9 Å². The van der Waals surface area contributed by atoms with Crippen LogP contribution >= 0.6 is 11.8 Å². The second kappa shape index (κ2) is 9.73. The van der Waals surface area contributed by atoms with Gasteiger partial charge in [-0.15, -0.1) is 11.8 Å². The Balaban J connectivity index is 1.49. The average molecular weight is 435 g/mol. The van der Waals surface area contributed by atoms with Gasteiger partial charge >= 0.3 is 0 Å². The van der Waals surface area contributed by atoms with Crippen molar-refractivity contribution in [3.05, 3.63) is 75.7 Å². The quantitative estimate of drug-likeness (QED) is 0.685. The van der Waals surface area contributed by atoms with Gasteiger partial charge in [0.2, 0.25) is 5.91 Å². The lowest BCUT2D eigenvalue weighted by Crippen LogP contribution is -2.54. The van der Waals surface area contributed by atoms with E-state index in [4.69, 9.17) is 0 Å². The number of rotatable bonds is 5. The summed E-state index contributed by atoms with van der Waals surface area (Å²) in [6, 6.07) is 16.4. The van der Waals surface area contributed by atoms with Gasteiger partial charge in [0.15, 0.2) is 0 Å². The van der Waals surface area contributed by atoms with Crippen LogP contribution in [-0.4, -0.2) is 34.6 Å². The van der Waals surface area contributed by atoms with Crippen LogP contribution in [-0.2, 0) is 16.1 Å². The van der Waals surface area contributed by atoms with Crippen LogP contribution in [0, 0.1) is 13.8 Å². The Labute approximate surface area is 189 Å².